The lowest BCUT2D eigenvalue weighted by Crippen LogP contribution is -2.49. The number of allylic oxidation sites excluding steroid dienone is 1. The number of carbonyl (C=O) groups excluding carboxylic acids is 3. The van der Waals surface area contributed by atoms with Gasteiger partial charge in [-0.25, -0.2) is 9.37 Å². The smallest absolute Gasteiger partial charge is 0.270 e. The minimum absolute atomic E-state index is 0.00145. The van der Waals surface area contributed by atoms with Crippen LogP contribution in [0.3, 0.4) is 0 Å². The second kappa shape index (κ2) is 14.2. The summed E-state index contributed by atoms with van der Waals surface area (Å²) in [6, 6.07) is 12.9. The highest BCUT2D eigenvalue weighted by molar-refractivity contribution is 5.97. The van der Waals surface area contributed by atoms with Crippen molar-refractivity contribution >= 4 is 40.4 Å². The quantitative estimate of drug-likeness (QED) is 0.283. The number of amides is 3. The molecule has 0 bridgehead atoms. The van der Waals surface area contributed by atoms with Crippen molar-refractivity contribution in [3.8, 4) is 0 Å². The minimum Gasteiger partial charge on any atom is -0.391 e. The van der Waals surface area contributed by atoms with E-state index < -0.39 is 29.8 Å². The number of rotatable bonds is 10. The van der Waals surface area contributed by atoms with Crippen LogP contribution in [0.5, 0.6) is 0 Å². The Morgan fingerprint density at radius 2 is 1.85 bits per heavy atom. The number of pyridine rings is 1. The Morgan fingerprint density at radius 1 is 1.06 bits per heavy atom. The van der Waals surface area contributed by atoms with E-state index in [1.54, 1.807) is 6.07 Å². The molecule has 1 aromatic heterocycles. The molecule has 10 heteroatoms. The van der Waals surface area contributed by atoms with Gasteiger partial charge in [-0.15, -0.1) is 0 Å². The number of hydrogen-bond donors (Lipinski definition) is 3. The van der Waals surface area contributed by atoms with E-state index in [-0.39, 0.29) is 37.2 Å². The van der Waals surface area contributed by atoms with Gasteiger partial charge in [-0.2, -0.15) is 0 Å². The molecular formula is C37H44FN5O4. The van der Waals surface area contributed by atoms with Gasteiger partial charge in [0.1, 0.15) is 17.6 Å². The third-order valence-electron chi connectivity index (χ3n) is 9.78. The van der Waals surface area contributed by atoms with E-state index in [9.17, 15) is 23.9 Å². The molecule has 1 aliphatic heterocycles. The number of carbonyl (C=O) groups is 3. The molecule has 3 N–H and O–H groups in total. The Bertz CT molecular complexity index is 1670. The number of aliphatic hydroxyl groups is 1. The Balaban J connectivity index is 1.11. The third-order valence-corrected chi connectivity index (χ3v) is 9.78. The molecule has 3 atom stereocenters. The molecule has 248 valence electrons. The van der Waals surface area contributed by atoms with Crippen molar-refractivity contribution in [2.24, 2.45) is 5.92 Å². The number of nitrogens with one attached hydrogen (secondary N) is 2. The first kappa shape index (κ1) is 32.6. The molecule has 0 radical (unpaired) electrons. The largest absolute Gasteiger partial charge is 0.391 e. The molecule has 2 saturated carbocycles. The Morgan fingerprint density at radius 3 is 2.62 bits per heavy atom. The van der Waals surface area contributed by atoms with Gasteiger partial charge in [0.2, 0.25) is 11.8 Å². The summed E-state index contributed by atoms with van der Waals surface area (Å²) in [6.07, 6.45) is 12.3. The van der Waals surface area contributed by atoms with Crippen LogP contribution in [0.25, 0.3) is 17.0 Å². The lowest BCUT2D eigenvalue weighted by atomic mass is 9.93. The highest BCUT2D eigenvalue weighted by Crippen LogP contribution is 2.34. The maximum Gasteiger partial charge on any atom is 0.270 e. The van der Waals surface area contributed by atoms with Crippen LogP contribution in [0.15, 0.2) is 54.6 Å². The number of fused-ring (bicyclic) bond motifs is 1. The second-order valence-corrected chi connectivity index (χ2v) is 13.3. The standard InChI is InChI=1S/C37H44FN5O4/c1-23(31-15-14-29(19-25(31)11-10-24-8-9-24)42(2)28-6-4-3-5-7-28)40-37(47)34-20-30(44)22-43(34)35(45)21-39-36(46)33-16-12-26-18-27(38)13-17-32(26)41-33/h10-19,23-24,28,30,34,44H,3-9,20-22H2,1-2H3,(H,39,46)(H,40,47)/b11-10+/t23-,30+,34?/m0/s1. The molecule has 1 saturated heterocycles. The first-order valence-electron chi connectivity index (χ1n) is 16.8. The molecule has 47 heavy (non-hydrogen) atoms. The highest BCUT2D eigenvalue weighted by atomic mass is 19.1. The fraction of sp³-hybridized carbons (Fsp3) is 0.459. The van der Waals surface area contributed by atoms with Gasteiger partial charge >= 0.3 is 0 Å². The molecule has 3 aliphatic rings. The topological polar surface area (TPSA) is 115 Å². The van der Waals surface area contributed by atoms with E-state index in [2.05, 4.69) is 57.9 Å². The number of aliphatic hydroxyl groups excluding tert-OH is 1. The Hall–Kier alpha value is -4.31. The van der Waals surface area contributed by atoms with E-state index >= 15 is 0 Å². The van der Waals surface area contributed by atoms with Crippen molar-refractivity contribution in [1.29, 1.82) is 0 Å². The molecular weight excluding hydrogens is 597 g/mol. The van der Waals surface area contributed by atoms with Gasteiger partial charge in [-0.1, -0.05) is 43.5 Å². The fourth-order valence-corrected chi connectivity index (χ4v) is 6.82. The molecule has 1 unspecified atom stereocenters. The summed E-state index contributed by atoms with van der Waals surface area (Å²) in [5.41, 5.74) is 3.77. The average molecular weight is 642 g/mol. The van der Waals surface area contributed by atoms with Crippen molar-refractivity contribution < 1.29 is 23.9 Å². The summed E-state index contributed by atoms with van der Waals surface area (Å²) < 4.78 is 13.5. The number of benzene rings is 2. The van der Waals surface area contributed by atoms with E-state index in [0.29, 0.717) is 22.9 Å². The first-order valence-corrected chi connectivity index (χ1v) is 16.8. The number of hydrogen-bond acceptors (Lipinski definition) is 6. The van der Waals surface area contributed by atoms with Crippen LogP contribution < -0.4 is 15.5 Å². The number of aromatic nitrogens is 1. The van der Waals surface area contributed by atoms with Gasteiger partial charge in [-0.3, -0.25) is 14.4 Å². The second-order valence-electron chi connectivity index (χ2n) is 13.3. The minimum atomic E-state index is -0.868. The zero-order chi connectivity index (χ0) is 33.1. The summed E-state index contributed by atoms with van der Waals surface area (Å²) >= 11 is 0. The van der Waals surface area contributed by atoms with Gasteiger partial charge in [-0.05, 0) is 86.1 Å². The average Bonchev–Trinajstić information content (AvgIpc) is 3.83. The lowest BCUT2D eigenvalue weighted by molar-refractivity contribution is -0.138. The van der Waals surface area contributed by atoms with Crippen LogP contribution in [0.4, 0.5) is 10.1 Å². The SMILES string of the molecule is C[C@H](NC(=O)C1C[C@@H](O)CN1C(=O)CNC(=O)c1ccc2cc(F)ccc2n1)c1ccc(N(C)C2CCCCC2)cc1/C=C/C1CC1. The van der Waals surface area contributed by atoms with Crippen molar-refractivity contribution in [1.82, 2.24) is 20.5 Å². The Kier molecular flexibility index (Phi) is 9.87. The molecule has 0 spiro atoms. The maximum atomic E-state index is 13.6. The monoisotopic (exact) mass is 641 g/mol. The first-order chi connectivity index (χ1) is 22.7. The molecule has 2 aromatic carbocycles. The van der Waals surface area contributed by atoms with Gasteiger partial charge in [0.05, 0.1) is 24.2 Å². The summed E-state index contributed by atoms with van der Waals surface area (Å²) in [6.45, 7) is 1.58. The van der Waals surface area contributed by atoms with Crippen molar-refractivity contribution in [3.05, 3.63) is 77.2 Å². The molecule has 9 nitrogen and oxygen atoms in total. The summed E-state index contributed by atoms with van der Waals surface area (Å²) in [4.78, 5) is 47.6. The lowest BCUT2D eigenvalue weighted by Gasteiger charge is -2.33. The number of β-amino-alcohol motifs (C(OH)–C–C–N with tert-alkyl or cyclic N) is 1. The van der Waals surface area contributed by atoms with Crippen LogP contribution in [0.1, 0.15) is 85.9 Å². The number of nitrogens with zero attached hydrogens (tertiary/aromatic N) is 3. The maximum absolute atomic E-state index is 13.6. The predicted molar refractivity (Wildman–Crippen MR) is 180 cm³/mol. The van der Waals surface area contributed by atoms with Crippen molar-refractivity contribution in [3.63, 3.8) is 0 Å². The van der Waals surface area contributed by atoms with Crippen LogP contribution in [-0.4, -0.2) is 71.0 Å². The van der Waals surface area contributed by atoms with Gasteiger partial charge in [0, 0.05) is 37.1 Å². The van der Waals surface area contributed by atoms with E-state index in [4.69, 9.17) is 0 Å². The molecule has 2 aliphatic carbocycles. The number of likely N-dealkylation sites (tertiary alicyclic amines) is 1. The van der Waals surface area contributed by atoms with Crippen LogP contribution in [0, 0.1) is 11.7 Å². The zero-order valence-corrected chi connectivity index (χ0v) is 27.1. The van der Waals surface area contributed by atoms with Crippen LogP contribution in [-0.2, 0) is 9.59 Å². The summed E-state index contributed by atoms with van der Waals surface area (Å²) in [5, 5.41) is 16.7. The normalized spacial score (nSPS) is 20.8. The van der Waals surface area contributed by atoms with E-state index in [0.717, 1.165) is 11.1 Å². The molecule has 3 amide bonds. The Labute approximate surface area is 275 Å². The highest BCUT2D eigenvalue weighted by Gasteiger charge is 2.39. The van der Waals surface area contributed by atoms with Crippen molar-refractivity contribution in [2.45, 2.75) is 82.5 Å². The summed E-state index contributed by atoms with van der Waals surface area (Å²) in [5.74, 6) is -1.19. The molecule has 3 fully saturated rings. The number of halogens is 1. The zero-order valence-electron chi connectivity index (χ0n) is 27.1. The number of anilines is 1. The van der Waals surface area contributed by atoms with Crippen molar-refractivity contribution in [2.75, 3.05) is 25.0 Å². The summed E-state index contributed by atoms with van der Waals surface area (Å²) in [7, 11) is 2.17. The van der Waals surface area contributed by atoms with E-state index in [1.165, 1.54) is 79.8 Å². The molecule has 3 aromatic rings. The van der Waals surface area contributed by atoms with Gasteiger partial charge in [0.25, 0.3) is 5.91 Å². The van der Waals surface area contributed by atoms with Gasteiger partial charge < -0.3 is 25.5 Å². The third kappa shape index (κ3) is 7.81. The predicted octanol–water partition coefficient (Wildman–Crippen LogP) is 5.14. The van der Waals surface area contributed by atoms with Crippen LogP contribution >= 0.6 is 0 Å². The van der Waals surface area contributed by atoms with E-state index in [1.807, 2.05) is 6.92 Å². The van der Waals surface area contributed by atoms with Crippen LogP contribution in [0.2, 0.25) is 0 Å². The van der Waals surface area contributed by atoms with Gasteiger partial charge in [0.15, 0.2) is 0 Å². The molecule has 2 heterocycles. The fourth-order valence-electron chi connectivity index (χ4n) is 6.82. The molecule has 6 rings (SSSR count).